The molecule has 0 aliphatic carbocycles. The lowest BCUT2D eigenvalue weighted by atomic mass is 10.5. The zero-order chi connectivity index (χ0) is 9.07. The van der Waals surface area contributed by atoms with Gasteiger partial charge in [-0.1, -0.05) is 6.08 Å². The fourth-order valence-corrected chi connectivity index (χ4v) is 1.33. The summed E-state index contributed by atoms with van der Waals surface area (Å²) >= 11 is 0. The third-order valence-electron chi connectivity index (χ3n) is 1.06. The third kappa shape index (κ3) is 2.32. The Morgan fingerprint density at radius 1 is 1.55 bits per heavy atom. The Morgan fingerprint density at radius 2 is 2.00 bits per heavy atom. The van der Waals surface area contributed by atoms with E-state index in [0.29, 0.717) is 0 Å². The molecule has 0 saturated carbocycles. The third-order valence-corrected chi connectivity index (χ3v) is 2.62. The van der Waals surface area contributed by atoms with Gasteiger partial charge in [-0.3, -0.25) is 4.79 Å². The lowest BCUT2D eigenvalue weighted by Crippen LogP contribution is -2.28. The highest BCUT2D eigenvalue weighted by atomic mass is 32.2. The number of carbonyl (C=O) groups is 1. The summed E-state index contributed by atoms with van der Waals surface area (Å²) in [6.07, 6.45) is 1.15. The number of nitrogens with two attached hydrogens (primary N) is 1. The van der Waals surface area contributed by atoms with E-state index in [-0.39, 0.29) is 0 Å². The fourth-order valence-electron chi connectivity index (χ4n) is 0.540. The van der Waals surface area contributed by atoms with Gasteiger partial charge in [0, 0.05) is 0 Å². The zero-order valence-corrected chi connectivity index (χ0v) is 7.10. The van der Waals surface area contributed by atoms with E-state index in [2.05, 4.69) is 0 Å². The molecule has 64 valence electrons. The molecule has 0 bridgehead atoms. The van der Waals surface area contributed by atoms with E-state index in [1.54, 1.807) is 0 Å². The van der Waals surface area contributed by atoms with E-state index in [1.807, 2.05) is 4.72 Å². The summed E-state index contributed by atoms with van der Waals surface area (Å²) in [7, 11) is -2.46. The molecule has 0 aliphatic heterocycles. The SMILES string of the molecule is CC=C(C(N)=O)S(=O)(=O)NC. The van der Waals surface area contributed by atoms with Crippen molar-refractivity contribution in [3.63, 3.8) is 0 Å². The number of sulfonamides is 1. The number of nitrogens with one attached hydrogen (secondary N) is 1. The Kier molecular flexibility index (Phi) is 3.21. The fraction of sp³-hybridized carbons (Fsp3) is 0.400. The van der Waals surface area contributed by atoms with Crippen LogP contribution in [0.15, 0.2) is 11.0 Å². The number of allylic oxidation sites excluding steroid dienone is 1. The molecule has 0 radical (unpaired) electrons. The molecule has 1 amide bonds. The van der Waals surface area contributed by atoms with Crippen molar-refractivity contribution in [1.29, 1.82) is 0 Å². The number of amides is 1. The van der Waals surface area contributed by atoms with Gasteiger partial charge in [-0.05, 0) is 14.0 Å². The predicted molar refractivity (Wildman–Crippen MR) is 40.9 cm³/mol. The first-order chi connectivity index (χ1) is 4.95. The molecule has 0 fully saturated rings. The first kappa shape index (κ1) is 10.1. The number of rotatable bonds is 3. The van der Waals surface area contributed by atoms with Crippen molar-refractivity contribution >= 4 is 15.9 Å². The molecule has 6 heteroatoms. The second kappa shape index (κ2) is 3.49. The van der Waals surface area contributed by atoms with Gasteiger partial charge in [0.1, 0.15) is 4.91 Å². The average molecular weight is 178 g/mol. The van der Waals surface area contributed by atoms with Crippen LogP contribution in [0, 0.1) is 0 Å². The number of hydrogen-bond acceptors (Lipinski definition) is 3. The molecule has 0 unspecified atom stereocenters. The maximum atomic E-state index is 10.9. The molecule has 0 rings (SSSR count). The van der Waals surface area contributed by atoms with E-state index in [9.17, 15) is 13.2 Å². The lowest BCUT2D eigenvalue weighted by molar-refractivity contribution is -0.113. The largest absolute Gasteiger partial charge is 0.365 e. The standard InChI is InChI=1S/C5H10N2O3S/c1-3-4(5(6)8)11(9,10)7-2/h3,7H,1-2H3,(H2,6,8). The molecule has 5 nitrogen and oxygen atoms in total. The zero-order valence-electron chi connectivity index (χ0n) is 6.29. The Balaban J connectivity index is 5.00. The molecule has 11 heavy (non-hydrogen) atoms. The van der Waals surface area contributed by atoms with Crippen LogP contribution in [0.3, 0.4) is 0 Å². The maximum absolute atomic E-state index is 10.9. The van der Waals surface area contributed by atoms with Crippen molar-refractivity contribution in [3.8, 4) is 0 Å². The van der Waals surface area contributed by atoms with Crippen molar-refractivity contribution in [3.05, 3.63) is 11.0 Å². The van der Waals surface area contributed by atoms with Crippen molar-refractivity contribution in [2.45, 2.75) is 6.92 Å². The molecule has 0 aromatic rings. The first-order valence-electron chi connectivity index (χ1n) is 2.85. The minimum atomic E-state index is -3.67. The van der Waals surface area contributed by atoms with Gasteiger partial charge < -0.3 is 5.73 Å². The normalized spacial score (nSPS) is 13.1. The number of carbonyl (C=O) groups excluding carboxylic acids is 1. The van der Waals surface area contributed by atoms with Crippen LogP contribution in [0.4, 0.5) is 0 Å². The summed E-state index contributed by atoms with van der Waals surface area (Å²) < 4.78 is 23.8. The van der Waals surface area contributed by atoms with Crippen LogP contribution in [0.1, 0.15) is 6.92 Å². The Bertz CT molecular complexity index is 278. The van der Waals surface area contributed by atoms with Crippen LogP contribution < -0.4 is 10.5 Å². The predicted octanol–water partition coefficient (Wildman–Crippen LogP) is -1.08. The molecule has 0 heterocycles. The van der Waals surface area contributed by atoms with Crippen molar-refractivity contribution in [2.75, 3.05) is 7.05 Å². The topological polar surface area (TPSA) is 89.3 Å². The lowest BCUT2D eigenvalue weighted by Gasteiger charge is -2.01. The van der Waals surface area contributed by atoms with Crippen molar-refractivity contribution in [1.82, 2.24) is 4.72 Å². The Labute approximate surface area is 65.3 Å². The van der Waals surface area contributed by atoms with E-state index < -0.39 is 20.8 Å². The summed E-state index contributed by atoms with van der Waals surface area (Å²) in [6.45, 7) is 1.43. The van der Waals surface area contributed by atoms with Gasteiger partial charge in [-0.25, -0.2) is 13.1 Å². The second-order valence-electron chi connectivity index (χ2n) is 1.72. The minimum absolute atomic E-state index is 0.417. The second-order valence-corrected chi connectivity index (χ2v) is 3.58. The quantitative estimate of drug-likeness (QED) is 0.539. The van der Waals surface area contributed by atoms with Gasteiger partial charge >= 0.3 is 0 Å². The first-order valence-corrected chi connectivity index (χ1v) is 4.33. The van der Waals surface area contributed by atoms with Gasteiger partial charge in [-0.2, -0.15) is 0 Å². The highest BCUT2D eigenvalue weighted by Crippen LogP contribution is 2.01. The van der Waals surface area contributed by atoms with Crippen LogP contribution in [-0.4, -0.2) is 21.4 Å². The Morgan fingerprint density at radius 3 is 2.09 bits per heavy atom. The van der Waals surface area contributed by atoms with Gasteiger partial charge in [0.15, 0.2) is 0 Å². The van der Waals surface area contributed by atoms with Crippen LogP contribution in [0.5, 0.6) is 0 Å². The highest BCUT2D eigenvalue weighted by Gasteiger charge is 2.18. The number of primary amides is 1. The van der Waals surface area contributed by atoms with E-state index >= 15 is 0 Å². The molecule has 0 saturated heterocycles. The van der Waals surface area contributed by atoms with Crippen LogP contribution in [0.25, 0.3) is 0 Å². The van der Waals surface area contributed by atoms with E-state index in [4.69, 9.17) is 5.73 Å². The molecule has 3 N–H and O–H groups in total. The molecule has 0 aliphatic rings. The molecule has 0 spiro atoms. The van der Waals surface area contributed by atoms with E-state index in [0.717, 1.165) is 6.08 Å². The van der Waals surface area contributed by atoms with Gasteiger partial charge in [0.2, 0.25) is 10.0 Å². The van der Waals surface area contributed by atoms with Gasteiger partial charge in [0.25, 0.3) is 5.91 Å². The Hall–Kier alpha value is -0.880. The maximum Gasteiger partial charge on any atom is 0.261 e. The summed E-state index contributed by atoms with van der Waals surface area (Å²) in [5.41, 5.74) is 4.78. The van der Waals surface area contributed by atoms with Gasteiger partial charge in [0.05, 0.1) is 0 Å². The summed E-state index contributed by atoms with van der Waals surface area (Å²) in [5, 5.41) is 0. The molecular weight excluding hydrogens is 168 g/mol. The number of hydrogen-bond donors (Lipinski definition) is 2. The highest BCUT2D eigenvalue weighted by molar-refractivity contribution is 7.94. The molecule has 0 atom stereocenters. The molecule has 0 aromatic heterocycles. The minimum Gasteiger partial charge on any atom is -0.365 e. The van der Waals surface area contributed by atoms with E-state index in [1.165, 1.54) is 14.0 Å². The summed E-state index contributed by atoms with van der Waals surface area (Å²) in [4.78, 5) is 10.1. The monoisotopic (exact) mass is 178 g/mol. The van der Waals surface area contributed by atoms with Crippen LogP contribution >= 0.6 is 0 Å². The van der Waals surface area contributed by atoms with Gasteiger partial charge in [-0.15, -0.1) is 0 Å². The summed E-state index contributed by atoms with van der Waals surface area (Å²) in [6, 6.07) is 0. The van der Waals surface area contributed by atoms with Crippen LogP contribution in [-0.2, 0) is 14.8 Å². The van der Waals surface area contributed by atoms with Crippen LogP contribution in [0.2, 0.25) is 0 Å². The van der Waals surface area contributed by atoms with Crippen molar-refractivity contribution < 1.29 is 13.2 Å². The molecular formula is C5H10N2O3S. The smallest absolute Gasteiger partial charge is 0.261 e. The molecule has 0 aromatic carbocycles. The summed E-state index contributed by atoms with van der Waals surface area (Å²) in [5.74, 6) is -0.957. The van der Waals surface area contributed by atoms with Crippen molar-refractivity contribution in [2.24, 2.45) is 5.73 Å². The average Bonchev–Trinajstić information content (AvgIpc) is 1.88.